The number of hydrogen-bond donors (Lipinski definition) is 1. The summed E-state index contributed by atoms with van der Waals surface area (Å²) in [6.07, 6.45) is 0. The number of carbonyl (C=O) groups excluding carboxylic acids is 2. The second-order valence-electron chi connectivity index (χ2n) is 5.06. The van der Waals surface area contributed by atoms with Crippen molar-refractivity contribution in [1.29, 1.82) is 0 Å². The van der Waals surface area contributed by atoms with Gasteiger partial charge in [-0.25, -0.2) is 17.7 Å². The predicted octanol–water partition coefficient (Wildman–Crippen LogP) is 1.62. The Morgan fingerprint density at radius 2 is 2.04 bits per heavy atom. The number of hydrogen-bond acceptors (Lipinski definition) is 6. The molecule has 1 atom stereocenters. The van der Waals surface area contributed by atoms with Gasteiger partial charge in [-0.1, -0.05) is 12.1 Å². The van der Waals surface area contributed by atoms with E-state index in [0.29, 0.717) is 9.44 Å². The minimum absolute atomic E-state index is 0.0743. The lowest BCUT2D eigenvalue weighted by atomic mass is 10.2. The molecular weight excluding hydrogens is 338 g/mol. The molecule has 0 radical (unpaired) electrons. The summed E-state index contributed by atoms with van der Waals surface area (Å²) in [6, 6.07) is 4.74. The molecule has 0 bridgehead atoms. The molecule has 2 heterocycles. The van der Waals surface area contributed by atoms with Crippen LogP contribution in [0.2, 0.25) is 0 Å². The molecule has 3 rings (SSSR count). The average molecular weight is 351 g/mol. The summed E-state index contributed by atoms with van der Waals surface area (Å²) in [5.74, 6) is -1.30. The van der Waals surface area contributed by atoms with Gasteiger partial charge in [-0.15, -0.1) is 11.3 Å². The van der Waals surface area contributed by atoms with Crippen LogP contribution in [0.5, 0.6) is 0 Å². The van der Waals surface area contributed by atoms with E-state index in [1.165, 1.54) is 36.5 Å². The van der Waals surface area contributed by atoms with E-state index in [-0.39, 0.29) is 10.5 Å². The molecule has 1 aromatic carbocycles. The fourth-order valence-electron chi connectivity index (χ4n) is 2.31. The number of carbonyl (C=O) groups is 2. The lowest BCUT2D eigenvalue weighted by molar-refractivity contribution is -0.118. The summed E-state index contributed by atoms with van der Waals surface area (Å²) < 4.78 is 25.6. The first kappa shape index (κ1) is 15.6. The second kappa shape index (κ2) is 5.43. The Balaban J connectivity index is 1.90. The van der Waals surface area contributed by atoms with E-state index in [0.717, 1.165) is 5.69 Å². The highest BCUT2D eigenvalue weighted by atomic mass is 32.2. The van der Waals surface area contributed by atoms with Crippen LogP contribution in [0.15, 0.2) is 34.5 Å². The quantitative estimate of drug-likeness (QED) is 0.906. The lowest BCUT2D eigenvalue weighted by Gasteiger charge is -2.21. The van der Waals surface area contributed by atoms with Crippen molar-refractivity contribution in [3.63, 3.8) is 0 Å². The summed E-state index contributed by atoms with van der Waals surface area (Å²) in [5, 5.41) is 4.65. The summed E-state index contributed by atoms with van der Waals surface area (Å²) in [4.78, 5) is 28.7. The molecule has 7 nitrogen and oxygen atoms in total. The summed E-state index contributed by atoms with van der Waals surface area (Å²) in [7, 11) is -4.02. The SMILES string of the molecule is Cc1csc(NC(=O)[C@H](C)N2C(=O)c3ccccc3S2(=O)=O)n1. The van der Waals surface area contributed by atoms with Crippen LogP contribution < -0.4 is 5.32 Å². The molecule has 0 unspecified atom stereocenters. The number of nitrogens with zero attached hydrogens (tertiary/aromatic N) is 2. The van der Waals surface area contributed by atoms with Crippen molar-refractivity contribution >= 4 is 38.3 Å². The third-order valence-corrected chi connectivity index (χ3v) is 6.22. The largest absolute Gasteiger partial charge is 0.300 e. The molecule has 1 aromatic heterocycles. The van der Waals surface area contributed by atoms with E-state index < -0.39 is 27.9 Å². The third-order valence-electron chi connectivity index (χ3n) is 3.43. The van der Waals surface area contributed by atoms with E-state index in [4.69, 9.17) is 0 Å². The number of sulfonamides is 1. The van der Waals surface area contributed by atoms with Crippen molar-refractivity contribution in [2.75, 3.05) is 5.32 Å². The highest BCUT2D eigenvalue weighted by molar-refractivity contribution is 7.90. The maximum Gasteiger partial charge on any atom is 0.269 e. The summed E-state index contributed by atoms with van der Waals surface area (Å²) >= 11 is 1.23. The van der Waals surface area contributed by atoms with Gasteiger partial charge >= 0.3 is 0 Å². The smallest absolute Gasteiger partial charge is 0.269 e. The van der Waals surface area contributed by atoms with Crippen molar-refractivity contribution in [1.82, 2.24) is 9.29 Å². The van der Waals surface area contributed by atoms with Crippen LogP contribution in [0.3, 0.4) is 0 Å². The van der Waals surface area contributed by atoms with Crippen LogP contribution in [-0.4, -0.2) is 35.6 Å². The fourth-order valence-corrected chi connectivity index (χ4v) is 4.73. The molecule has 23 heavy (non-hydrogen) atoms. The molecule has 120 valence electrons. The van der Waals surface area contributed by atoms with E-state index in [9.17, 15) is 18.0 Å². The van der Waals surface area contributed by atoms with E-state index in [2.05, 4.69) is 10.3 Å². The number of fused-ring (bicyclic) bond motifs is 1. The Morgan fingerprint density at radius 1 is 1.35 bits per heavy atom. The van der Waals surface area contributed by atoms with Crippen molar-refractivity contribution in [2.45, 2.75) is 24.8 Å². The number of aromatic nitrogens is 1. The molecule has 0 fully saturated rings. The van der Waals surface area contributed by atoms with Crippen molar-refractivity contribution in [3.05, 3.63) is 40.9 Å². The Kier molecular flexibility index (Phi) is 3.69. The molecule has 0 saturated carbocycles. The van der Waals surface area contributed by atoms with Gasteiger partial charge in [0.25, 0.3) is 15.9 Å². The molecule has 2 aromatic rings. The number of anilines is 1. The number of nitrogens with one attached hydrogen (secondary N) is 1. The molecule has 1 aliphatic rings. The van der Waals surface area contributed by atoms with Gasteiger partial charge < -0.3 is 5.32 Å². The first-order valence-electron chi connectivity index (χ1n) is 6.73. The second-order valence-corrected chi connectivity index (χ2v) is 7.70. The van der Waals surface area contributed by atoms with Gasteiger partial charge in [0.05, 0.1) is 11.3 Å². The maximum absolute atomic E-state index is 12.5. The minimum Gasteiger partial charge on any atom is -0.300 e. The van der Waals surface area contributed by atoms with Gasteiger partial charge in [-0.05, 0) is 26.0 Å². The zero-order chi connectivity index (χ0) is 16.8. The maximum atomic E-state index is 12.5. The normalized spacial score (nSPS) is 17.0. The van der Waals surface area contributed by atoms with Gasteiger partial charge in [-0.3, -0.25) is 9.59 Å². The number of amides is 2. The Labute approximate surface area is 137 Å². The average Bonchev–Trinajstić information content (AvgIpc) is 2.99. The first-order valence-corrected chi connectivity index (χ1v) is 9.05. The summed E-state index contributed by atoms with van der Waals surface area (Å²) in [6.45, 7) is 3.15. The molecular formula is C14H13N3O4S2. The number of benzene rings is 1. The molecule has 0 aliphatic carbocycles. The Hall–Kier alpha value is -2.26. The zero-order valence-corrected chi connectivity index (χ0v) is 13.9. The molecule has 2 amide bonds. The summed E-state index contributed by atoms with van der Waals surface area (Å²) in [5.41, 5.74) is 0.826. The van der Waals surface area contributed by atoms with Crippen molar-refractivity contribution < 1.29 is 18.0 Å². The van der Waals surface area contributed by atoms with Crippen LogP contribution >= 0.6 is 11.3 Å². The number of thiazole rings is 1. The molecule has 1 aliphatic heterocycles. The molecule has 1 N–H and O–H groups in total. The van der Waals surface area contributed by atoms with Gasteiger partial charge in [0, 0.05) is 5.38 Å². The number of aryl methyl sites for hydroxylation is 1. The molecule has 0 spiro atoms. The molecule has 9 heteroatoms. The van der Waals surface area contributed by atoms with Crippen LogP contribution in [0.1, 0.15) is 23.0 Å². The highest BCUT2D eigenvalue weighted by Gasteiger charge is 2.45. The monoisotopic (exact) mass is 351 g/mol. The van der Waals surface area contributed by atoms with Gasteiger partial charge in [-0.2, -0.15) is 0 Å². The van der Waals surface area contributed by atoms with Gasteiger partial charge in [0.15, 0.2) is 5.13 Å². The van der Waals surface area contributed by atoms with E-state index in [1.807, 2.05) is 0 Å². The fraction of sp³-hybridized carbons (Fsp3) is 0.214. The van der Waals surface area contributed by atoms with Crippen LogP contribution in [0, 0.1) is 6.92 Å². The van der Waals surface area contributed by atoms with Crippen LogP contribution in [0.25, 0.3) is 0 Å². The zero-order valence-electron chi connectivity index (χ0n) is 12.3. The highest BCUT2D eigenvalue weighted by Crippen LogP contribution is 2.32. The Morgan fingerprint density at radius 3 is 2.65 bits per heavy atom. The van der Waals surface area contributed by atoms with Crippen molar-refractivity contribution in [2.24, 2.45) is 0 Å². The van der Waals surface area contributed by atoms with Crippen molar-refractivity contribution in [3.8, 4) is 0 Å². The topological polar surface area (TPSA) is 96.4 Å². The minimum atomic E-state index is -4.02. The lowest BCUT2D eigenvalue weighted by Crippen LogP contribution is -2.45. The van der Waals surface area contributed by atoms with Gasteiger partial charge in [0.2, 0.25) is 5.91 Å². The van der Waals surface area contributed by atoms with E-state index in [1.54, 1.807) is 18.4 Å². The number of rotatable bonds is 3. The standard InChI is InChI=1S/C14H13N3O4S2/c1-8-7-22-14(15-8)16-12(18)9(2)17-13(19)10-5-3-4-6-11(10)23(17,20)21/h3-7,9H,1-2H3,(H,15,16,18)/t9-/m0/s1. The molecule has 0 saturated heterocycles. The third kappa shape index (κ3) is 2.51. The van der Waals surface area contributed by atoms with Crippen LogP contribution in [-0.2, 0) is 14.8 Å². The van der Waals surface area contributed by atoms with Gasteiger partial charge in [0.1, 0.15) is 10.9 Å². The Bertz CT molecular complexity index is 904. The first-order chi connectivity index (χ1) is 10.8. The van der Waals surface area contributed by atoms with E-state index >= 15 is 0 Å². The van der Waals surface area contributed by atoms with Crippen LogP contribution in [0.4, 0.5) is 5.13 Å². The predicted molar refractivity (Wildman–Crippen MR) is 84.7 cm³/mol.